The molecule has 1 aromatic carbocycles. The molecule has 88 valence electrons. The fourth-order valence-corrected chi connectivity index (χ4v) is 1.32. The summed E-state index contributed by atoms with van der Waals surface area (Å²) in [6, 6.07) is 4.01. The van der Waals surface area contributed by atoms with Crippen molar-refractivity contribution in [1.29, 1.82) is 0 Å². The van der Waals surface area contributed by atoms with Crippen molar-refractivity contribution in [2.24, 2.45) is 0 Å². The van der Waals surface area contributed by atoms with Gasteiger partial charge in [0.2, 0.25) is 17.6 Å². The minimum atomic E-state index is -1.94. The van der Waals surface area contributed by atoms with Gasteiger partial charge in [-0.3, -0.25) is 10.1 Å². The lowest BCUT2D eigenvalue weighted by Gasteiger charge is -1.97. The summed E-state index contributed by atoms with van der Waals surface area (Å²) in [4.78, 5) is 24.2. The lowest BCUT2D eigenvalue weighted by atomic mass is 10.3. The third kappa shape index (κ3) is 1.81. The number of fused-ring (bicyclic) bond motifs is 1. The number of oxazole rings is 1. The molecule has 1 aromatic heterocycles. The van der Waals surface area contributed by atoms with Gasteiger partial charge in [-0.25, -0.2) is 9.78 Å². The van der Waals surface area contributed by atoms with Gasteiger partial charge in [0.15, 0.2) is 0 Å². The van der Waals surface area contributed by atoms with Crippen molar-refractivity contribution in [3.63, 3.8) is 0 Å². The van der Waals surface area contributed by atoms with Crippen LogP contribution in [-0.4, -0.2) is 26.1 Å². The second kappa shape index (κ2) is 3.83. The van der Waals surface area contributed by atoms with E-state index in [2.05, 4.69) is 4.98 Å². The molecule has 8 heteroatoms. The Morgan fingerprint density at radius 3 is 2.82 bits per heavy atom. The zero-order valence-corrected chi connectivity index (χ0v) is 8.23. The van der Waals surface area contributed by atoms with Gasteiger partial charge in [-0.2, -0.15) is 0 Å². The third-order valence-corrected chi connectivity index (χ3v) is 2.08. The number of non-ortho nitro benzene ring substituents is 1. The second-order valence-electron chi connectivity index (χ2n) is 3.18. The number of benzene rings is 1. The Hall–Kier alpha value is -2.48. The quantitative estimate of drug-likeness (QED) is 0.599. The molecule has 0 fully saturated rings. The van der Waals surface area contributed by atoms with Gasteiger partial charge in [0, 0.05) is 6.07 Å². The van der Waals surface area contributed by atoms with Gasteiger partial charge in [-0.15, -0.1) is 0 Å². The Bertz CT molecular complexity index is 605. The molecule has 1 unspecified atom stereocenters. The molecular formula is C9H6N2O6. The average molecular weight is 238 g/mol. The van der Waals surface area contributed by atoms with Gasteiger partial charge < -0.3 is 14.6 Å². The molecule has 0 saturated heterocycles. The maximum Gasteiger partial charge on any atom is 0.342 e. The summed E-state index contributed by atoms with van der Waals surface area (Å²) in [6.45, 7) is 0. The van der Waals surface area contributed by atoms with Crippen LogP contribution < -0.4 is 0 Å². The first kappa shape index (κ1) is 11.0. The number of aliphatic hydroxyl groups is 1. The fraction of sp³-hybridized carbons (Fsp3) is 0.111. The second-order valence-corrected chi connectivity index (χ2v) is 3.18. The van der Waals surface area contributed by atoms with Gasteiger partial charge in [-0.05, 0) is 6.07 Å². The van der Waals surface area contributed by atoms with E-state index in [4.69, 9.17) is 9.52 Å². The summed E-state index contributed by atoms with van der Waals surface area (Å²) in [7, 11) is 0. The number of carbonyl (C=O) groups is 1. The molecule has 0 aliphatic rings. The molecule has 17 heavy (non-hydrogen) atoms. The molecule has 0 spiro atoms. The van der Waals surface area contributed by atoms with Crippen molar-refractivity contribution in [3.8, 4) is 0 Å². The van der Waals surface area contributed by atoms with E-state index in [0.717, 1.165) is 0 Å². The first-order valence-corrected chi connectivity index (χ1v) is 4.45. The Balaban J connectivity index is 2.61. The molecule has 0 aliphatic carbocycles. The molecule has 0 amide bonds. The highest BCUT2D eigenvalue weighted by Gasteiger charge is 2.25. The van der Waals surface area contributed by atoms with E-state index in [0.29, 0.717) is 0 Å². The van der Waals surface area contributed by atoms with Crippen LogP contribution in [0.1, 0.15) is 12.0 Å². The first-order chi connectivity index (χ1) is 8.00. The largest absolute Gasteiger partial charge is 0.479 e. The summed E-state index contributed by atoms with van der Waals surface area (Å²) >= 11 is 0. The molecule has 8 nitrogen and oxygen atoms in total. The molecular weight excluding hydrogens is 232 g/mol. The minimum Gasteiger partial charge on any atom is -0.479 e. The van der Waals surface area contributed by atoms with Crippen LogP contribution in [0.3, 0.4) is 0 Å². The van der Waals surface area contributed by atoms with E-state index in [1.165, 1.54) is 18.2 Å². The van der Waals surface area contributed by atoms with Crippen molar-refractivity contribution in [2.75, 3.05) is 0 Å². The van der Waals surface area contributed by atoms with E-state index in [9.17, 15) is 20.0 Å². The number of hydrogen-bond acceptors (Lipinski definition) is 6. The number of nitro benzene ring substituents is 1. The SMILES string of the molecule is O=C(O)C(O)c1nc2cccc([N+](=O)[O-])c2o1. The number of hydrogen-bond donors (Lipinski definition) is 2. The average Bonchev–Trinajstić information content (AvgIpc) is 2.70. The van der Waals surface area contributed by atoms with Gasteiger partial charge in [0.05, 0.1) is 4.92 Å². The maximum absolute atomic E-state index is 10.7. The molecule has 2 N–H and O–H groups in total. The summed E-state index contributed by atoms with van der Waals surface area (Å²) < 4.78 is 4.90. The van der Waals surface area contributed by atoms with Crippen LogP contribution in [0.2, 0.25) is 0 Å². The number of nitro groups is 1. The van der Waals surface area contributed by atoms with Gasteiger partial charge in [0.25, 0.3) is 0 Å². The van der Waals surface area contributed by atoms with Crippen LogP contribution in [0.5, 0.6) is 0 Å². The molecule has 2 aromatic rings. The summed E-state index contributed by atoms with van der Waals surface area (Å²) in [6.07, 6.45) is -1.94. The lowest BCUT2D eigenvalue weighted by molar-refractivity contribution is -0.383. The first-order valence-electron chi connectivity index (χ1n) is 4.45. The van der Waals surface area contributed by atoms with Gasteiger partial charge in [-0.1, -0.05) is 6.07 Å². The van der Waals surface area contributed by atoms with E-state index in [1.54, 1.807) is 0 Å². The van der Waals surface area contributed by atoms with E-state index >= 15 is 0 Å². The normalized spacial score (nSPS) is 12.5. The number of nitrogens with zero attached hydrogens (tertiary/aromatic N) is 2. The van der Waals surface area contributed by atoms with Crippen LogP contribution in [0.15, 0.2) is 22.6 Å². The number of carboxylic acid groups (broad SMARTS) is 1. The van der Waals surface area contributed by atoms with E-state index in [1.807, 2.05) is 0 Å². The summed E-state index contributed by atoms with van der Waals surface area (Å²) in [5.41, 5.74) is -0.374. The Morgan fingerprint density at radius 2 is 2.24 bits per heavy atom. The number of aliphatic hydroxyl groups excluding tert-OH is 1. The minimum absolute atomic E-state index is 0.120. The number of rotatable bonds is 3. The summed E-state index contributed by atoms with van der Waals surface area (Å²) in [5.74, 6) is -2.03. The van der Waals surface area contributed by atoms with E-state index < -0.39 is 22.9 Å². The highest BCUT2D eigenvalue weighted by Crippen LogP contribution is 2.28. The zero-order chi connectivity index (χ0) is 12.6. The van der Waals surface area contributed by atoms with Gasteiger partial charge in [0.1, 0.15) is 5.52 Å². The van der Waals surface area contributed by atoms with Crippen molar-refractivity contribution >= 4 is 22.8 Å². The molecule has 1 heterocycles. The van der Waals surface area contributed by atoms with Crippen LogP contribution in [0.25, 0.3) is 11.1 Å². The summed E-state index contributed by atoms with van der Waals surface area (Å²) in [5, 5.41) is 28.4. The molecule has 0 saturated carbocycles. The predicted molar refractivity (Wildman–Crippen MR) is 53.3 cm³/mol. The third-order valence-electron chi connectivity index (χ3n) is 2.08. The van der Waals surface area contributed by atoms with E-state index in [-0.39, 0.29) is 16.8 Å². The maximum atomic E-state index is 10.7. The van der Waals surface area contributed by atoms with Crippen LogP contribution >= 0.6 is 0 Å². The number of carboxylic acids is 1. The van der Waals surface area contributed by atoms with Gasteiger partial charge >= 0.3 is 11.7 Å². The van der Waals surface area contributed by atoms with Crippen LogP contribution in [-0.2, 0) is 4.79 Å². The van der Waals surface area contributed by atoms with Crippen molar-refractivity contribution in [3.05, 3.63) is 34.2 Å². The Labute approximate surface area is 93.3 Å². The van der Waals surface area contributed by atoms with Crippen molar-refractivity contribution in [1.82, 2.24) is 4.98 Å². The highest BCUT2D eigenvalue weighted by molar-refractivity contribution is 5.83. The highest BCUT2D eigenvalue weighted by atomic mass is 16.6. The fourth-order valence-electron chi connectivity index (χ4n) is 1.32. The molecule has 2 rings (SSSR count). The van der Waals surface area contributed by atoms with Crippen molar-refractivity contribution in [2.45, 2.75) is 6.10 Å². The number of para-hydroxylation sites is 1. The molecule has 0 aliphatic heterocycles. The topological polar surface area (TPSA) is 127 Å². The smallest absolute Gasteiger partial charge is 0.342 e. The van der Waals surface area contributed by atoms with Crippen LogP contribution in [0.4, 0.5) is 5.69 Å². The zero-order valence-electron chi connectivity index (χ0n) is 8.23. The predicted octanol–water partition coefficient (Wildman–Crippen LogP) is 0.854. The van der Waals surface area contributed by atoms with Crippen LogP contribution in [0, 0.1) is 10.1 Å². The van der Waals surface area contributed by atoms with Crippen molar-refractivity contribution < 1.29 is 24.3 Å². The standard InChI is InChI=1S/C9H6N2O6/c12-6(9(13)14)8-10-4-2-1-3-5(11(15)16)7(4)17-8/h1-3,6,12H,(H,13,14). The molecule has 0 radical (unpaired) electrons. The molecule has 0 bridgehead atoms. The Kier molecular flexibility index (Phi) is 2.48. The monoisotopic (exact) mass is 238 g/mol. The Morgan fingerprint density at radius 1 is 1.53 bits per heavy atom. The number of aromatic nitrogens is 1. The molecule has 1 atom stereocenters. The number of aliphatic carboxylic acids is 1. The lowest BCUT2D eigenvalue weighted by Crippen LogP contribution is -2.10.